The Balaban J connectivity index is 2.10. The van der Waals surface area contributed by atoms with Crippen molar-refractivity contribution in [2.45, 2.75) is 25.8 Å². The van der Waals surface area contributed by atoms with Gasteiger partial charge in [0.1, 0.15) is 0 Å². The van der Waals surface area contributed by atoms with E-state index >= 15 is 0 Å². The van der Waals surface area contributed by atoms with E-state index in [0.717, 1.165) is 17.5 Å². The maximum absolute atomic E-state index is 12.2. The lowest BCUT2D eigenvalue weighted by Gasteiger charge is -2.11. The van der Waals surface area contributed by atoms with Crippen molar-refractivity contribution < 1.29 is 14.6 Å². The number of carbonyl (C=O) groups is 1. The Bertz CT molecular complexity index is 536. The zero-order valence-electron chi connectivity index (χ0n) is 11.6. The smallest absolute Gasteiger partial charge is 0.251 e. The van der Waals surface area contributed by atoms with Gasteiger partial charge >= 0.3 is 0 Å². The van der Waals surface area contributed by atoms with Gasteiger partial charge < -0.3 is 15.2 Å². The first-order valence-electron chi connectivity index (χ1n) is 6.79. The van der Waals surface area contributed by atoms with Gasteiger partial charge in [0.05, 0.1) is 19.3 Å². The minimum atomic E-state index is -0.0885. The predicted molar refractivity (Wildman–Crippen MR) is 76.5 cm³/mol. The molecule has 2 N–H and O–H groups in total. The van der Waals surface area contributed by atoms with Crippen molar-refractivity contribution in [1.82, 2.24) is 5.32 Å². The first kappa shape index (κ1) is 14.6. The number of aliphatic hydroxyl groups excluding tert-OH is 1. The Morgan fingerprint density at radius 3 is 3.05 bits per heavy atom. The van der Waals surface area contributed by atoms with E-state index in [1.165, 1.54) is 0 Å². The average molecular weight is 273 g/mol. The van der Waals surface area contributed by atoms with Gasteiger partial charge in [0.15, 0.2) is 0 Å². The van der Waals surface area contributed by atoms with Crippen molar-refractivity contribution in [3.63, 3.8) is 0 Å². The molecule has 0 aliphatic carbocycles. The molecule has 1 aromatic rings. The van der Waals surface area contributed by atoms with Crippen LogP contribution >= 0.6 is 0 Å². The Labute approximate surface area is 119 Å². The van der Waals surface area contributed by atoms with Crippen LogP contribution in [0.5, 0.6) is 0 Å². The van der Waals surface area contributed by atoms with E-state index in [1.54, 1.807) is 6.07 Å². The van der Waals surface area contributed by atoms with Crippen molar-refractivity contribution in [3.05, 3.63) is 34.9 Å². The van der Waals surface area contributed by atoms with Gasteiger partial charge in [0, 0.05) is 24.2 Å². The summed E-state index contributed by atoms with van der Waals surface area (Å²) in [6.07, 6.45) is 1.30. The summed E-state index contributed by atoms with van der Waals surface area (Å²) >= 11 is 0. The lowest BCUT2D eigenvalue weighted by Crippen LogP contribution is -2.35. The normalized spacial score (nSPS) is 17.4. The quantitative estimate of drug-likeness (QED) is 0.815. The van der Waals surface area contributed by atoms with Crippen molar-refractivity contribution >= 4 is 5.91 Å². The highest BCUT2D eigenvalue weighted by Gasteiger charge is 2.18. The maximum Gasteiger partial charge on any atom is 0.251 e. The molecule has 4 nitrogen and oxygen atoms in total. The van der Waals surface area contributed by atoms with Gasteiger partial charge in [0.25, 0.3) is 5.91 Å². The second-order valence-corrected chi connectivity index (χ2v) is 4.90. The molecular formula is C16H19NO3. The SMILES string of the molecule is Cc1cc(C#CCCO)cc(C(=O)NC2CCOC2)c1. The van der Waals surface area contributed by atoms with Crippen LogP contribution in [0.2, 0.25) is 0 Å². The monoisotopic (exact) mass is 273 g/mol. The summed E-state index contributed by atoms with van der Waals surface area (Å²) in [5.74, 6) is 5.74. The molecule has 1 unspecified atom stereocenters. The number of ether oxygens (including phenoxy) is 1. The molecule has 0 aromatic heterocycles. The van der Waals surface area contributed by atoms with Crippen molar-refractivity contribution in [3.8, 4) is 11.8 Å². The van der Waals surface area contributed by atoms with Gasteiger partial charge in [-0.15, -0.1) is 0 Å². The van der Waals surface area contributed by atoms with Crippen LogP contribution in [0.4, 0.5) is 0 Å². The topological polar surface area (TPSA) is 58.6 Å². The molecule has 1 aromatic carbocycles. The van der Waals surface area contributed by atoms with Crippen LogP contribution in [0, 0.1) is 18.8 Å². The fourth-order valence-corrected chi connectivity index (χ4v) is 2.12. The Kier molecular flexibility index (Phi) is 5.16. The van der Waals surface area contributed by atoms with E-state index in [9.17, 15) is 4.79 Å². The molecule has 1 atom stereocenters. The summed E-state index contributed by atoms with van der Waals surface area (Å²) in [6, 6.07) is 5.66. The Morgan fingerprint density at radius 1 is 1.50 bits per heavy atom. The highest BCUT2D eigenvalue weighted by Crippen LogP contribution is 2.11. The zero-order valence-corrected chi connectivity index (χ0v) is 11.6. The van der Waals surface area contributed by atoms with Crippen LogP contribution in [-0.2, 0) is 4.74 Å². The molecule has 1 amide bonds. The highest BCUT2D eigenvalue weighted by atomic mass is 16.5. The van der Waals surface area contributed by atoms with Gasteiger partial charge in [-0.25, -0.2) is 0 Å². The number of benzene rings is 1. The molecule has 0 radical (unpaired) electrons. The fraction of sp³-hybridized carbons (Fsp3) is 0.438. The molecule has 1 fully saturated rings. The second kappa shape index (κ2) is 7.09. The molecule has 1 aliphatic rings. The zero-order chi connectivity index (χ0) is 14.4. The molecule has 4 heteroatoms. The van der Waals surface area contributed by atoms with Crippen LogP contribution in [0.25, 0.3) is 0 Å². The number of hydrogen-bond acceptors (Lipinski definition) is 3. The number of amides is 1. The third-order valence-corrected chi connectivity index (χ3v) is 3.07. The standard InChI is InChI=1S/C16H19NO3/c1-12-8-13(4-2-3-6-18)10-14(9-12)16(19)17-15-5-7-20-11-15/h8-10,15,18H,3,5-7,11H2,1H3,(H,17,19). The maximum atomic E-state index is 12.2. The largest absolute Gasteiger partial charge is 0.395 e. The number of hydrogen-bond donors (Lipinski definition) is 2. The van der Waals surface area contributed by atoms with Gasteiger partial charge in [-0.1, -0.05) is 11.8 Å². The minimum absolute atomic E-state index is 0.0494. The second-order valence-electron chi connectivity index (χ2n) is 4.90. The molecule has 106 valence electrons. The number of aliphatic hydroxyl groups is 1. The lowest BCUT2D eigenvalue weighted by atomic mass is 10.1. The Hall–Kier alpha value is -1.83. The van der Waals surface area contributed by atoms with E-state index in [2.05, 4.69) is 17.2 Å². The molecule has 20 heavy (non-hydrogen) atoms. The van der Waals surface area contributed by atoms with E-state index in [1.807, 2.05) is 19.1 Å². The molecule has 2 rings (SSSR count). The molecule has 1 saturated heterocycles. The minimum Gasteiger partial charge on any atom is -0.395 e. The summed E-state index contributed by atoms with van der Waals surface area (Å²) in [7, 11) is 0. The van der Waals surface area contributed by atoms with Gasteiger partial charge in [-0.05, 0) is 37.1 Å². The molecule has 1 heterocycles. The van der Waals surface area contributed by atoms with Gasteiger partial charge in [-0.3, -0.25) is 4.79 Å². The van der Waals surface area contributed by atoms with Crippen molar-refractivity contribution in [1.29, 1.82) is 0 Å². The van der Waals surface area contributed by atoms with Crippen LogP contribution < -0.4 is 5.32 Å². The van der Waals surface area contributed by atoms with E-state index < -0.39 is 0 Å². The first-order valence-corrected chi connectivity index (χ1v) is 6.79. The van der Waals surface area contributed by atoms with E-state index in [0.29, 0.717) is 25.2 Å². The Morgan fingerprint density at radius 2 is 2.35 bits per heavy atom. The first-order chi connectivity index (χ1) is 9.69. The molecular weight excluding hydrogens is 254 g/mol. The molecule has 0 saturated carbocycles. The van der Waals surface area contributed by atoms with Crippen LogP contribution in [0.1, 0.15) is 34.3 Å². The van der Waals surface area contributed by atoms with Gasteiger partial charge in [-0.2, -0.15) is 0 Å². The molecule has 0 spiro atoms. The molecule has 0 bridgehead atoms. The van der Waals surface area contributed by atoms with Crippen LogP contribution in [-0.4, -0.2) is 36.9 Å². The van der Waals surface area contributed by atoms with Crippen molar-refractivity contribution in [2.75, 3.05) is 19.8 Å². The van der Waals surface area contributed by atoms with Crippen molar-refractivity contribution in [2.24, 2.45) is 0 Å². The number of rotatable bonds is 3. The molecule has 1 aliphatic heterocycles. The fourth-order valence-electron chi connectivity index (χ4n) is 2.12. The summed E-state index contributed by atoms with van der Waals surface area (Å²) < 4.78 is 5.25. The lowest BCUT2D eigenvalue weighted by molar-refractivity contribution is 0.0930. The van der Waals surface area contributed by atoms with E-state index in [4.69, 9.17) is 9.84 Å². The summed E-state index contributed by atoms with van der Waals surface area (Å²) in [6.45, 7) is 3.28. The number of carbonyl (C=O) groups excluding carboxylic acids is 1. The van der Waals surface area contributed by atoms with Crippen LogP contribution in [0.15, 0.2) is 18.2 Å². The average Bonchev–Trinajstić information content (AvgIpc) is 2.91. The van der Waals surface area contributed by atoms with Gasteiger partial charge in [0.2, 0.25) is 0 Å². The predicted octanol–water partition coefficient (Wildman–Crippen LogP) is 1.25. The van der Waals surface area contributed by atoms with Crippen LogP contribution in [0.3, 0.4) is 0 Å². The number of aryl methyl sites for hydroxylation is 1. The number of nitrogens with one attached hydrogen (secondary N) is 1. The third kappa shape index (κ3) is 4.09. The highest BCUT2D eigenvalue weighted by molar-refractivity contribution is 5.95. The van der Waals surface area contributed by atoms with E-state index in [-0.39, 0.29) is 18.6 Å². The summed E-state index contributed by atoms with van der Waals surface area (Å²) in [5.41, 5.74) is 2.41. The summed E-state index contributed by atoms with van der Waals surface area (Å²) in [5, 5.41) is 11.7. The summed E-state index contributed by atoms with van der Waals surface area (Å²) in [4.78, 5) is 12.2. The third-order valence-electron chi connectivity index (χ3n) is 3.07.